The molecule has 2 aliphatic carbocycles. The van der Waals surface area contributed by atoms with Gasteiger partial charge in [0, 0.05) is 60.9 Å². The Bertz CT molecular complexity index is 1210. The molecule has 1 aliphatic heterocycles. The molecule has 0 aromatic carbocycles. The molecule has 2 atom stereocenters. The Hall–Kier alpha value is -3.00. The van der Waals surface area contributed by atoms with Crippen LogP contribution in [0.25, 0.3) is 11.0 Å². The molecule has 190 valence electrons. The molecule has 8 heteroatoms. The Kier molecular flexibility index (Phi) is 6.37. The zero-order valence-electron chi connectivity index (χ0n) is 21.0. The maximum atomic E-state index is 12.9. The highest BCUT2D eigenvalue weighted by atomic mass is 16.3. The van der Waals surface area contributed by atoms with Crippen LogP contribution in [0.5, 0.6) is 0 Å². The minimum atomic E-state index is -0.183. The molecule has 0 unspecified atom stereocenters. The van der Waals surface area contributed by atoms with Crippen LogP contribution in [0.4, 0.5) is 5.95 Å². The zero-order valence-corrected chi connectivity index (χ0v) is 21.0. The van der Waals surface area contributed by atoms with Crippen LogP contribution in [-0.2, 0) is 0 Å². The number of carbonyl (C=O) groups is 1. The summed E-state index contributed by atoms with van der Waals surface area (Å²) >= 11 is 0. The summed E-state index contributed by atoms with van der Waals surface area (Å²) in [6.07, 6.45) is 15.3. The van der Waals surface area contributed by atoms with Crippen LogP contribution in [0, 0.1) is 5.92 Å². The van der Waals surface area contributed by atoms with Gasteiger partial charge in [-0.2, -0.15) is 4.98 Å². The molecule has 1 amide bonds. The fourth-order valence-corrected chi connectivity index (χ4v) is 6.18. The lowest BCUT2D eigenvalue weighted by atomic mass is 9.89. The molecule has 1 saturated heterocycles. The predicted octanol–water partition coefficient (Wildman–Crippen LogP) is 4.53. The van der Waals surface area contributed by atoms with E-state index in [-0.39, 0.29) is 12.0 Å². The van der Waals surface area contributed by atoms with Gasteiger partial charge in [0.05, 0.1) is 6.10 Å². The average molecular weight is 489 g/mol. The van der Waals surface area contributed by atoms with Gasteiger partial charge in [-0.15, -0.1) is 0 Å². The van der Waals surface area contributed by atoms with Gasteiger partial charge in [-0.05, 0) is 74.5 Å². The number of fused-ring (bicyclic) bond motifs is 1. The van der Waals surface area contributed by atoms with Crippen LogP contribution in [0.1, 0.15) is 86.2 Å². The van der Waals surface area contributed by atoms with Crippen molar-refractivity contribution in [2.75, 3.05) is 18.4 Å². The monoisotopic (exact) mass is 488 g/mol. The third-order valence-electron chi connectivity index (χ3n) is 8.57. The van der Waals surface area contributed by atoms with E-state index in [9.17, 15) is 9.90 Å². The van der Waals surface area contributed by atoms with E-state index in [0.717, 1.165) is 74.5 Å². The molecule has 3 aromatic rings. The number of hydrogen-bond acceptors (Lipinski definition) is 6. The molecule has 2 saturated carbocycles. The Morgan fingerprint density at radius 3 is 2.56 bits per heavy atom. The number of carbonyl (C=O) groups excluding carboxylic acids is 1. The summed E-state index contributed by atoms with van der Waals surface area (Å²) in [5.41, 5.74) is 3.01. The second-order valence-corrected chi connectivity index (χ2v) is 10.8. The molecule has 2 N–H and O–H groups in total. The number of pyridine rings is 1. The van der Waals surface area contributed by atoms with Gasteiger partial charge >= 0.3 is 0 Å². The standard InChI is InChI=1S/C28H36N6O2/c1-2-18-15-25(18)31-28-30-16-23-24(17-34(26(23)32-28)21-3-5-22(35)6-4-21)19-9-13-33(14-10-19)27(36)20-7-11-29-12-8-20/h7-8,11-12,16-19,21-22,25,35H,2-6,9-10,13-15H2,1H3,(H,30,31,32)/t18-,21-,22-,25-/m1/s1. The first-order chi connectivity index (χ1) is 17.6. The topological polar surface area (TPSA) is 96.2 Å². The smallest absolute Gasteiger partial charge is 0.253 e. The average Bonchev–Trinajstić information content (AvgIpc) is 3.58. The molecule has 0 radical (unpaired) electrons. The van der Waals surface area contributed by atoms with Gasteiger partial charge in [0.15, 0.2) is 0 Å². The number of aromatic nitrogens is 4. The van der Waals surface area contributed by atoms with Gasteiger partial charge in [-0.1, -0.05) is 13.3 Å². The van der Waals surface area contributed by atoms with Gasteiger partial charge in [-0.3, -0.25) is 9.78 Å². The lowest BCUT2D eigenvalue weighted by Gasteiger charge is -2.32. The molecule has 8 nitrogen and oxygen atoms in total. The van der Waals surface area contributed by atoms with Gasteiger partial charge in [0.25, 0.3) is 5.91 Å². The van der Waals surface area contributed by atoms with E-state index < -0.39 is 0 Å². The van der Waals surface area contributed by atoms with Gasteiger partial charge < -0.3 is 19.9 Å². The van der Waals surface area contributed by atoms with Crippen molar-refractivity contribution in [3.05, 3.63) is 48.0 Å². The quantitative estimate of drug-likeness (QED) is 0.529. The summed E-state index contributed by atoms with van der Waals surface area (Å²) < 4.78 is 2.36. The lowest BCUT2D eigenvalue weighted by molar-refractivity contribution is 0.0713. The molecule has 3 aliphatic rings. The van der Waals surface area contributed by atoms with E-state index in [2.05, 4.69) is 28.0 Å². The van der Waals surface area contributed by atoms with Crippen molar-refractivity contribution in [2.45, 2.75) is 82.4 Å². The second kappa shape index (κ2) is 9.81. The summed E-state index contributed by atoms with van der Waals surface area (Å²) in [5.74, 6) is 1.91. The Morgan fingerprint density at radius 2 is 1.86 bits per heavy atom. The number of likely N-dealkylation sites (tertiary alicyclic amines) is 1. The van der Waals surface area contributed by atoms with Crippen LogP contribution in [0.15, 0.2) is 36.9 Å². The highest BCUT2D eigenvalue weighted by Crippen LogP contribution is 2.39. The molecule has 0 bridgehead atoms. The second-order valence-electron chi connectivity index (χ2n) is 10.8. The van der Waals surface area contributed by atoms with E-state index in [0.29, 0.717) is 23.6 Å². The third-order valence-corrected chi connectivity index (χ3v) is 8.57. The van der Waals surface area contributed by atoms with Crippen LogP contribution in [0.3, 0.4) is 0 Å². The molecular formula is C28H36N6O2. The highest BCUT2D eigenvalue weighted by molar-refractivity contribution is 5.94. The summed E-state index contributed by atoms with van der Waals surface area (Å²) in [4.78, 5) is 28.7. The van der Waals surface area contributed by atoms with E-state index in [1.165, 1.54) is 18.4 Å². The number of hydrogen-bond donors (Lipinski definition) is 2. The van der Waals surface area contributed by atoms with E-state index in [1.807, 2.05) is 11.1 Å². The molecule has 6 rings (SSSR count). The first-order valence-corrected chi connectivity index (χ1v) is 13.6. The first kappa shape index (κ1) is 23.4. The van der Waals surface area contributed by atoms with Crippen molar-refractivity contribution in [2.24, 2.45) is 5.92 Å². The highest BCUT2D eigenvalue weighted by Gasteiger charge is 2.36. The predicted molar refractivity (Wildman–Crippen MR) is 139 cm³/mol. The molecule has 4 heterocycles. The minimum absolute atomic E-state index is 0.0866. The fraction of sp³-hybridized carbons (Fsp3) is 0.571. The number of nitrogens with zero attached hydrogens (tertiary/aromatic N) is 5. The van der Waals surface area contributed by atoms with E-state index >= 15 is 0 Å². The van der Waals surface area contributed by atoms with Crippen molar-refractivity contribution in [1.82, 2.24) is 24.4 Å². The Morgan fingerprint density at radius 1 is 1.11 bits per heavy atom. The lowest BCUT2D eigenvalue weighted by Crippen LogP contribution is -2.37. The zero-order chi connectivity index (χ0) is 24.6. The van der Waals surface area contributed by atoms with Crippen LogP contribution >= 0.6 is 0 Å². The first-order valence-electron chi connectivity index (χ1n) is 13.6. The molecule has 36 heavy (non-hydrogen) atoms. The van der Waals surface area contributed by atoms with Crippen molar-refractivity contribution in [1.29, 1.82) is 0 Å². The number of rotatable bonds is 6. The van der Waals surface area contributed by atoms with E-state index in [1.54, 1.807) is 24.5 Å². The SMILES string of the molecule is CC[C@@H]1C[C@H]1Nc1ncc2c(C3CCN(C(=O)c4ccncc4)CC3)cn([C@H]3CC[C@H](O)CC3)c2n1. The number of nitrogens with one attached hydrogen (secondary N) is 1. The summed E-state index contributed by atoms with van der Waals surface area (Å²) in [6.45, 7) is 3.73. The summed E-state index contributed by atoms with van der Waals surface area (Å²) in [5, 5.41) is 14.7. The third kappa shape index (κ3) is 4.59. The van der Waals surface area contributed by atoms with Crippen molar-refractivity contribution >= 4 is 22.9 Å². The number of aliphatic hydroxyl groups is 1. The molecule has 3 fully saturated rings. The van der Waals surface area contributed by atoms with Crippen molar-refractivity contribution in [3.63, 3.8) is 0 Å². The summed E-state index contributed by atoms with van der Waals surface area (Å²) in [7, 11) is 0. The van der Waals surface area contributed by atoms with Gasteiger partial charge in [-0.25, -0.2) is 4.98 Å². The largest absolute Gasteiger partial charge is 0.393 e. The van der Waals surface area contributed by atoms with Gasteiger partial charge in [0.1, 0.15) is 5.65 Å². The van der Waals surface area contributed by atoms with Crippen molar-refractivity contribution < 1.29 is 9.90 Å². The van der Waals surface area contributed by atoms with E-state index in [4.69, 9.17) is 9.97 Å². The number of anilines is 1. The Labute approximate surface area is 212 Å². The Balaban J connectivity index is 1.24. The molecule has 3 aromatic heterocycles. The fourth-order valence-electron chi connectivity index (χ4n) is 6.18. The summed E-state index contributed by atoms with van der Waals surface area (Å²) in [6, 6.07) is 4.42. The van der Waals surface area contributed by atoms with Crippen LogP contribution in [-0.4, -0.2) is 60.7 Å². The maximum absolute atomic E-state index is 12.9. The molecular weight excluding hydrogens is 452 g/mol. The van der Waals surface area contributed by atoms with Gasteiger partial charge in [0.2, 0.25) is 5.95 Å². The number of amides is 1. The number of aliphatic hydroxyl groups excluding tert-OH is 1. The minimum Gasteiger partial charge on any atom is -0.393 e. The normalized spacial score (nSPS) is 26.8. The van der Waals surface area contributed by atoms with Crippen LogP contribution < -0.4 is 5.32 Å². The number of piperidine rings is 1. The molecule has 0 spiro atoms. The maximum Gasteiger partial charge on any atom is 0.253 e. The van der Waals surface area contributed by atoms with Crippen molar-refractivity contribution in [3.8, 4) is 0 Å². The van der Waals surface area contributed by atoms with Crippen LogP contribution in [0.2, 0.25) is 0 Å².